The van der Waals surface area contributed by atoms with Gasteiger partial charge in [0.25, 0.3) is 0 Å². The number of benzene rings is 1. The molecule has 0 saturated heterocycles. The summed E-state index contributed by atoms with van der Waals surface area (Å²) in [5.74, 6) is -0.215. The highest BCUT2D eigenvalue weighted by Crippen LogP contribution is 2.24. The van der Waals surface area contributed by atoms with Gasteiger partial charge in [0.05, 0.1) is 11.2 Å². The predicted molar refractivity (Wildman–Crippen MR) is 62.7 cm³/mol. The van der Waals surface area contributed by atoms with E-state index >= 15 is 0 Å². The summed E-state index contributed by atoms with van der Waals surface area (Å²) in [6, 6.07) is 4.99. The zero-order valence-corrected chi connectivity index (χ0v) is 10.3. The maximum atomic E-state index is 13.1. The second-order valence-electron chi connectivity index (χ2n) is 3.78. The third-order valence-electron chi connectivity index (χ3n) is 2.38. The Morgan fingerprint density at radius 3 is 2.80 bits per heavy atom. The molecule has 0 unspecified atom stereocenters. The first-order valence-corrected chi connectivity index (χ1v) is 5.98. The van der Waals surface area contributed by atoms with Crippen molar-refractivity contribution in [3.63, 3.8) is 0 Å². The first-order chi connectivity index (χ1) is 7.13. The summed E-state index contributed by atoms with van der Waals surface area (Å²) in [4.78, 5) is 0. The van der Waals surface area contributed by atoms with Crippen LogP contribution in [0, 0.1) is 5.82 Å². The monoisotopic (exact) mass is 270 g/mol. The quantitative estimate of drug-likeness (QED) is 0.762. The Balaban J connectivity index is 2.74. The van der Waals surface area contributed by atoms with Gasteiger partial charge in [-0.2, -0.15) is 5.10 Å². The first kappa shape index (κ1) is 10.6. The van der Waals surface area contributed by atoms with E-state index in [1.165, 1.54) is 12.1 Å². The second-order valence-corrected chi connectivity index (χ2v) is 4.34. The largest absolute Gasteiger partial charge is 0.265 e. The molecule has 0 aliphatic rings. The number of nitrogens with zero attached hydrogens (tertiary/aromatic N) is 2. The molecule has 2 aromatic rings. The second kappa shape index (κ2) is 3.93. The summed E-state index contributed by atoms with van der Waals surface area (Å²) < 4.78 is 15.0. The third-order valence-corrected chi connectivity index (χ3v) is 2.91. The molecule has 2 rings (SSSR count). The zero-order valence-electron chi connectivity index (χ0n) is 8.67. The third kappa shape index (κ3) is 1.78. The molecule has 1 heterocycles. The lowest BCUT2D eigenvalue weighted by Gasteiger charge is -2.08. The van der Waals surface area contributed by atoms with Crippen molar-refractivity contribution in [1.82, 2.24) is 9.78 Å². The summed E-state index contributed by atoms with van der Waals surface area (Å²) in [7, 11) is 0. The highest BCUT2D eigenvalue weighted by atomic mass is 79.9. The van der Waals surface area contributed by atoms with E-state index in [1.807, 2.05) is 4.68 Å². The smallest absolute Gasteiger partial charge is 0.124 e. The Morgan fingerprint density at radius 1 is 1.47 bits per heavy atom. The first-order valence-electron chi connectivity index (χ1n) is 4.86. The van der Waals surface area contributed by atoms with Crippen molar-refractivity contribution in [2.45, 2.75) is 25.2 Å². The molecule has 2 nitrogen and oxygen atoms in total. The molecule has 0 amide bonds. The van der Waals surface area contributed by atoms with Crippen LogP contribution in [0.5, 0.6) is 0 Å². The van der Waals surface area contributed by atoms with Crippen LogP contribution in [0.4, 0.5) is 4.39 Å². The Hall–Kier alpha value is -0.900. The minimum Gasteiger partial charge on any atom is -0.265 e. The van der Waals surface area contributed by atoms with Crippen LogP contribution in [0.2, 0.25) is 0 Å². The van der Waals surface area contributed by atoms with E-state index in [1.54, 1.807) is 6.07 Å². The van der Waals surface area contributed by atoms with Crippen molar-refractivity contribution in [2.75, 3.05) is 0 Å². The minimum atomic E-state index is -0.215. The molecular formula is C11H12BrFN2. The molecule has 15 heavy (non-hydrogen) atoms. The lowest BCUT2D eigenvalue weighted by atomic mass is 10.2. The van der Waals surface area contributed by atoms with Crippen molar-refractivity contribution in [1.29, 1.82) is 0 Å². The summed E-state index contributed by atoms with van der Waals surface area (Å²) >= 11 is 3.42. The topological polar surface area (TPSA) is 17.8 Å². The van der Waals surface area contributed by atoms with E-state index in [0.29, 0.717) is 5.33 Å². The van der Waals surface area contributed by atoms with Gasteiger partial charge in [0.1, 0.15) is 5.82 Å². The van der Waals surface area contributed by atoms with Crippen LogP contribution >= 0.6 is 15.9 Å². The van der Waals surface area contributed by atoms with Gasteiger partial charge in [-0.25, -0.2) is 4.39 Å². The van der Waals surface area contributed by atoms with Gasteiger partial charge in [0.15, 0.2) is 0 Å². The molecule has 4 heteroatoms. The lowest BCUT2D eigenvalue weighted by Crippen LogP contribution is -2.05. The number of halogens is 2. The van der Waals surface area contributed by atoms with Crippen LogP contribution in [0.3, 0.4) is 0 Å². The average molecular weight is 271 g/mol. The Kier molecular flexibility index (Phi) is 2.78. The normalized spacial score (nSPS) is 11.5. The van der Waals surface area contributed by atoms with Crippen LogP contribution in [0.1, 0.15) is 25.6 Å². The van der Waals surface area contributed by atoms with Gasteiger partial charge in [-0.1, -0.05) is 15.9 Å². The number of hydrogen-bond donors (Lipinski definition) is 0. The molecule has 0 N–H and O–H groups in total. The molecule has 0 atom stereocenters. The molecule has 1 aromatic heterocycles. The van der Waals surface area contributed by atoms with E-state index < -0.39 is 0 Å². The zero-order chi connectivity index (χ0) is 11.0. The lowest BCUT2D eigenvalue weighted by molar-refractivity contribution is 0.523. The van der Waals surface area contributed by atoms with Crippen LogP contribution in [0.15, 0.2) is 18.2 Å². The molecule has 0 aliphatic carbocycles. The molecule has 1 aromatic carbocycles. The summed E-state index contributed by atoms with van der Waals surface area (Å²) in [6.07, 6.45) is 0. The average Bonchev–Trinajstić information content (AvgIpc) is 2.55. The van der Waals surface area contributed by atoms with Gasteiger partial charge < -0.3 is 0 Å². The summed E-state index contributed by atoms with van der Waals surface area (Å²) in [6.45, 7) is 4.13. The van der Waals surface area contributed by atoms with Crippen molar-refractivity contribution in [2.24, 2.45) is 0 Å². The van der Waals surface area contributed by atoms with Crippen molar-refractivity contribution in [3.8, 4) is 0 Å². The van der Waals surface area contributed by atoms with E-state index in [4.69, 9.17) is 0 Å². The van der Waals surface area contributed by atoms with Crippen LogP contribution in [0.25, 0.3) is 10.9 Å². The van der Waals surface area contributed by atoms with Crippen molar-refractivity contribution in [3.05, 3.63) is 29.7 Å². The summed E-state index contributed by atoms with van der Waals surface area (Å²) in [5, 5.41) is 6.02. The van der Waals surface area contributed by atoms with Gasteiger partial charge in [-0.15, -0.1) is 0 Å². The Bertz CT molecular complexity index is 491. The molecule has 0 radical (unpaired) electrons. The number of fused-ring (bicyclic) bond motifs is 1. The Labute approximate surface area is 96.2 Å². The van der Waals surface area contributed by atoms with Crippen molar-refractivity contribution >= 4 is 26.8 Å². The van der Waals surface area contributed by atoms with Gasteiger partial charge in [0.2, 0.25) is 0 Å². The van der Waals surface area contributed by atoms with Crippen LogP contribution < -0.4 is 0 Å². The predicted octanol–water partition coefficient (Wildman–Crippen LogP) is 3.65. The molecule has 0 bridgehead atoms. The highest BCUT2D eigenvalue weighted by molar-refractivity contribution is 9.08. The standard InChI is InChI=1S/C11H12BrFN2/c1-7(2)15-11(6-12)9-5-8(13)3-4-10(9)14-15/h3-5,7H,6H2,1-2H3. The Morgan fingerprint density at radius 2 is 2.20 bits per heavy atom. The molecule has 80 valence electrons. The molecule has 0 fully saturated rings. The van der Waals surface area contributed by atoms with E-state index in [2.05, 4.69) is 34.9 Å². The fourth-order valence-corrected chi connectivity index (χ4v) is 2.25. The molecule has 0 aliphatic heterocycles. The van der Waals surface area contributed by atoms with E-state index in [9.17, 15) is 4.39 Å². The maximum Gasteiger partial charge on any atom is 0.124 e. The summed E-state index contributed by atoms with van der Waals surface area (Å²) in [5.41, 5.74) is 1.87. The van der Waals surface area contributed by atoms with Crippen molar-refractivity contribution < 1.29 is 4.39 Å². The fourth-order valence-electron chi connectivity index (χ4n) is 1.69. The van der Waals surface area contributed by atoms with Crippen LogP contribution in [-0.4, -0.2) is 9.78 Å². The van der Waals surface area contributed by atoms with E-state index in [-0.39, 0.29) is 11.9 Å². The molecule has 0 spiro atoms. The molecule has 0 saturated carbocycles. The number of aromatic nitrogens is 2. The number of rotatable bonds is 2. The van der Waals surface area contributed by atoms with Crippen LogP contribution in [-0.2, 0) is 5.33 Å². The number of hydrogen-bond acceptors (Lipinski definition) is 1. The van der Waals surface area contributed by atoms with Gasteiger partial charge >= 0.3 is 0 Å². The fraction of sp³-hybridized carbons (Fsp3) is 0.364. The van der Waals surface area contributed by atoms with Gasteiger partial charge in [0, 0.05) is 16.8 Å². The van der Waals surface area contributed by atoms with Gasteiger partial charge in [-0.05, 0) is 32.0 Å². The number of alkyl halides is 1. The minimum absolute atomic E-state index is 0.215. The SMILES string of the molecule is CC(C)n1nc2ccc(F)cc2c1CBr. The highest BCUT2D eigenvalue weighted by Gasteiger charge is 2.12. The van der Waals surface area contributed by atoms with Gasteiger partial charge in [-0.3, -0.25) is 4.68 Å². The molecular weight excluding hydrogens is 259 g/mol. The van der Waals surface area contributed by atoms with E-state index in [0.717, 1.165) is 16.6 Å². The maximum absolute atomic E-state index is 13.1.